The van der Waals surface area contributed by atoms with Gasteiger partial charge in [0.15, 0.2) is 5.79 Å². The summed E-state index contributed by atoms with van der Waals surface area (Å²) in [6.45, 7) is 7.06. The summed E-state index contributed by atoms with van der Waals surface area (Å²) in [5.41, 5.74) is 1.40. The second-order valence-electron chi connectivity index (χ2n) is 5.81. The lowest BCUT2D eigenvalue weighted by Gasteiger charge is -2.43. The number of benzene rings is 1. The van der Waals surface area contributed by atoms with Gasteiger partial charge in [-0.15, -0.1) is 11.8 Å². The smallest absolute Gasteiger partial charge is 0.170 e. The van der Waals surface area contributed by atoms with E-state index in [0.717, 1.165) is 57.9 Å². The lowest BCUT2D eigenvalue weighted by atomic mass is 10.0. The first-order chi connectivity index (χ1) is 10.3. The van der Waals surface area contributed by atoms with E-state index in [1.165, 1.54) is 10.5 Å². The molecule has 2 fully saturated rings. The number of hydrogen-bond acceptors (Lipinski definition) is 4. The van der Waals surface area contributed by atoms with E-state index in [-0.39, 0.29) is 5.79 Å². The van der Waals surface area contributed by atoms with Crippen LogP contribution in [0.25, 0.3) is 0 Å². The summed E-state index contributed by atoms with van der Waals surface area (Å²) >= 11 is 1.90. The standard InChI is InChI=1S/C17H25NO2S/c1-2-21-16-6-4-15(5-7-16)14-18-10-8-17(9-11-18)19-12-3-13-20-17/h4-7H,2-3,8-14H2,1H3. The molecule has 21 heavy (non-hydrogen) atoms. The van der Waals surface area contributed by atoms with E-state index in [1.807, 2.05) is 11.8 Å². The van der Waals surface area contributed by atoms with E-state index >= 15 is 0 Å². The van der Waals surface area contributed by atoms with Crippen molar-refractivity contribution in [2.45, 2.75) is 43.4 Å². The molecule has 0 unspecified atom stereocenters. The summed E-state index contributed by atoms with van der Waals surface area (Å²) < 4.78 is 11.8. The van der Waals surface area contributed by atoms with Crippen LogP contribution >= 0.6 is 11.8 Å². The topological polar surface area (TPSA) is 21.7 Å². The lowest BCUT2D eigenvalue weighted by molar-refractivity contribution is -0.284. The molecule has 2 heterocycles. The summed E-state index contributed by atoms with van der Waals surface area (Å²) in [7, 11) is 0. The van der Waals surface area contributed by atoms with Gasteiger partial charge in [-0.1, -0.05) is 19.1 Å². The van der Waals surface area contributed by atoms with Gasteiger partial charge >= 0.3 is 0 Å². The van der Waals surface area contributed by atoms with Gasteiger partial charge < -0.3 is 9.47 Å². The molecule has 0 N–H and O–H groups in total. The van der Waals surface area contributed by atoms with E-state index in [9.17, 15) is 0 Å². The predicted octanol–water partition coefficient (Wildman–Crippen LogP) is 3.53. The van der Waals surface area contributed by atoms with Crippen LogP contribution in [0.5, 0.6) is 0 Å². The highest BCUT2D eigenvalue weighted by atomic mass is 32.2. The van der Waals surface area contributed by atoms with Crippen molar-refractivity contribution in [2.75, 3.05) is 32.1 Å². The fourth-order valence-electron chi connectivity index (χ4n) is 3.07. The summed E-state index contributed by atoms with van der Waals surface area (Å²) in [5.74, 6) is 0.865. The van der Waals surface area contributed by atoms with Crippen LogP contribution in [0.3, 0.4) is 0 Å². The summed E-state index contributed by atoms with van der Waals surface area (Å²) in [4.78, 5) is 3.87. The molecule has 4 heteroatoms. The first-order valence-corrected chi connectivity index (χ1v) is 9.00. The normalized spacial score (nSPS) is 22.5. The van der Waals surface area contributed by atoms with Crippen LogP contribution < -0.4 is 0 Å². The SMILES string of the molecule is CCSc1ccc(CN2CCC3(CC2)OCCCO3)cc1. The van der Waals surface area contributed by atoms with Crippen molar-refractivity contribution in [3.63, 3.8) is 0 Å². The second kappa shape index (κ2) is 7.14. The van der Waals surface area contributed by atoms with Crippen LogP contribution in [0.15, 0.2) is 29.2 Å². The molecule has 0 aliphatic carbocycles. The minimum absolute atomic E-state index is 0.267. The highest BCUT2D eigenvalue weighted by molar-refractivity contribution is 7.99. The maximum Gasteiger partial charge on any atom is 0.170 e. The Morgan fingerprint density at radius 2 is 1.76 bits per heavy atom. The quantitative estimate of drug-likeness (QED) is 0.793. The van der Waals surface area contributed by atoms with E-state index in [1.54, 1.807) is 0 Å². The van der Waals surface area contributed by atoms with Crippen molar-refractivity contribution in [3.8, 4) is 0 Å². The zero-order valence-electron chi connectivity index (χ0n) is 12.8. The molecule has 1 aromatic rings. The number of nitrogens with zero attached hydrogens (tertiary/aromatic N) is 1. The zero-order chi connectivity index (χ0) is 14.5. The van der Waals surface area contributed by atoms with Crippen LogP contribution in [0.1, 0.15) is 31.7 Å². The van der Waals surface area contributed by atoms with Crippen molar-refractivity contribution < 1.29 is 9.47 Å². The van der Waals surface area contributed by atoms with Crippen LogP contribution in [0, 0.1) is 0 Å². The number of piperidine rings is 1. The maximum absolute atomic E-state index is 5.90. The van der Waals surface area contributed by atoms with Gasteiger partial charge in [-0.05, 0) is 29.9 Å². The predicted molar refractivity (Wildman–Crippen MR) is 86.6 cm³/mol. The monoisotopic (exact) mass is 307 g/mol. The van der Waals surface area contributed by atoms with Gasteiger partial charge in [0.05, 0.1) is 13.2 Å². The van der Waals surface area contributed by atoms with E-state index < -0.39 is 0 Å². The van der Waals surface area contributed by atoms with Crippen LogP contribution in [0.2, 0.25) is 0 Å². The highest BCUT2D eigenvalue weighted by Gasteiger charge is 2.38. The minimum atomic E-state index is -0.267. The maximum atomic E-state index is 5.90. The molecule has 2 saturated heterocycles. The van der Waals surface area contributed by atoms with E-state index in [4.69, 9.17) is 9.47 Å². The fourth-order valence-corrected chi connectivity index (χ4v) is 3.74. The molecule has 1 spiro atoms. The third-order valence-corrected chi connectivity index (χ3v) is 5.17. The molecule has 3 nitrogen and oxygen atoms in total. The van der Waals surface area contributed by atoms with E-state index in [0.29, 0.717) is 0 Å². The van der Waals surface area contributed by atoms with Gasteiger partial charge in [-0.2, -0.15) is 0 Å². The number of likely N-dealkylation sites (tertiary alicyclic amines) is 1. The van der Waals surface area contributed by atoms with Crippen LogP contribution in [-0.2, 0) is 16.0 Å². The van der Waals surface area contributed by atoms with Crippen molar-refractivity contribution in [1.82, 2.24) is 4.90 Å². The molecule has 0 radical (unpaired) electrons. The Morgan fingerprint density at radius 1 is 1.10 bits per heavy atom. The third-order valence-electron chi connectivity index (χ3n) is 4.28. The third kappa shape index (κ3) is 4.01. The van der Waals surface area contributed by atoms with Crippen molar-refractivity contribution in [2.24, 2.45) is 0 Å². The molecule has 0 bridgehead atoms. The molecular formula is C17H25NO2S. The van der Waals surface area contributed by atoms with Gasteiger partial charge in [0.25, 0.3) is 0 Å². The Kier molecular flexibility index (Phi) is 5.22. The molecule has 0 aromatic heterocycles. The highest BCUT2D eigenvalue weighted by Crippen LogP contribution is 2.31. The first-order valence-electron chi connectivity index (χ1n) is 8.02. The average molecular weight is 307 g/mol. The van der Waals surface area contributed by atoms with Gasteiger partial charge in [-0.3, -0.25) is 4.90 Å². The number of rotatable bonds is 4. The summed E-state index contributed by atoms with van der Waals surface area (Å²) in [6.07, 6.45) is 3.03. The number of thioether (sulfide) groups is 1. The summed E-state index contributed by atoms with van der Waals surface area (Å²) in [5, 5.41) is 0. The molecule has 116 valence electrons. The van der Waals surface area contributed by atoms with Crippen molar-refractivity contribution >= 4 is 11.8 Å². The van der Waals surface area contributed by atoms with Crippen LogP contribution in [0.4, 0.5) is 0 Å². The van der Waals surface area contributed by atoms with Gasteiger partial charge in [0.1, 0.15) is 0 Å². The molecule has 1 aromatic carbocycles. The second-order valence-corrected chi connectivity index (χ2v) is 7.15. The molecule has 3 rings (SSSR count). The molecule has 2 aliphatic heterocycles. The first kappa shape index (κ1) is 15.3. The Bertz CT molecular complexity index is 433. The molecule has 0 atom stereocenters. The van der Waals surface area contributed by atoms with Gasteiger partial charge in [0.2, 0.25) is 0 Å². The molecule has 0 saturated carbocycles. The summed E-state index contributed by atoms with van der Waals surface area (Å²) in [6, 6.07) is 9.00. The van der Waals surface area contributed by atoms with Crippen molar-refractivity contribution in [3.05, 3.63) is 29.8 Å². The Labute approximate surface area is 132 Å². The average Bonchev–Trinajstić information content (AvgIpc) is 2.53. The van der Waals surface area contributed by atoms with Crippen LogP contribution in [-0.4, -0.2) is 42.7 Å². The Hall–Kier alpha value is -0.550. The molecular weight excluding hydrogens is 282 g/mol. The zero-order valence-corrected chi connectivity index (χ0v) is 13.7. The van der Waals surface area contributed by atoms with E-state index in [2.05, 4.69) is 36.1 Å². The van der Waals surface area contributed by atoms with Gasteiger partial charge in [0, 0.05) is 37.4 Å². The molecule has 0 amide bonds. The Balaban J connectivity index is 1.50. The van der Waals surface area contributed by atoms with Crippen molar-refractivity contribution in [1.29, 1.82) is 0 Å². The fraction of sp³-hybridized carbons (Fsp3) is 0.647. The Morgan fingerprint density at radius 3 is 2.38 bits per heavy atom. The number of ether oxygens (including phenoxy) is 2. The largest absolute Gasteiger partial charge is 0.350 e. The van der Waals surface area contributed by atoms with Gasteiger partial charge in [-0.25, -0.2) is 0 Å². The molecule has 2 aliphatic rings. The number of hydrogen-bond donors (Lipinski definition) is 0. The lowest BCUT2D eigenvalue weighted by Crippen LogP contribution is -2.49. The minimum Gasteiger partial charge on any atom is -0.350 e.